The predicted molar refractivity (Wildman–Crippen MR) is 66.2 cm³/mol. The second-order valence-electron chi connectivity index (χ2n) is 3.57. The number of urea groups is 1. The van der Waals surface area contributed by atoms with Gasteiger partial charge in [-0.15, -0.1) is 0 Å². The lowest BCUT2D eigenvalue weighted by atomic mass is 10.2. The van der Waals surface area contributed by atoms with Crippen molar-refractivity contribution in [3.8, 4) is 5.75 Å². The first kappa shape index (κ1) is 11.9. The van der Waals surface area contributed by atoms with Gasteiger partial charge in [0.15, 0.2) is 0 Å². The Morgan fingerprint density at radius 2 is 2.18 bits per heavy atom. The van der Waals surface area contributed by atoms with Gasteiger partial charge in [0, 0.05) is 17.4 Å². The highest BCUT2D eigenvalue weighted by Crippen LogP contribution is 2.32. The maximum atomic E-state index is 11.7. The number of halogens is 1. The summed E-state index contributed by atoms with van der Waals surface area (Å²) in [6, 6.07) is 4.96. The lowest BCUT2D eigenvalue weighted by Crippen LogP contribution is -2.49. The third-order valence-electron chi connectivity index (χ3n) is 2.49. The van der Waals surface area contributed by atoms with Crippen LogP contribution in [0.1, 0.15) is 6.42 Å². The summed E-state index contributed by atoms with van der Waals surface area (Å²) in [5, 5.41) is 2.28. The lowest BCUT2D eigenvalue weighted by molar-refractivity contribution is -0.120. The van der Waals surface area contributed by atoms with Crippen LogP contribution in [0.25, 0.3) is 0 Å². The molecule has 1 aromatic rings. The number of carbonyl (C=O) groups is 2. The van der Waals surface area contributed by atoms with Crippen molar-refractivity contribution in [3.63, 3.8) is 0 Å². The van der Waals surface area contributed by atoms with Crippen molar-refractivity contribution in [1.82, 2.24) is 5.32 Å². The van der Waals surface area contributed by atoms with Gasteiger partial charge in [0.1, 0.15) is 5.75 Å². The molecule has 1 aromatic carbocycles. The molecule has 0 aromatic heterocycles. The Hall–Kier alpha value is -1.56. The second-order valence-corrected chi connectivity index (χ2v) is 4.49. The highest BCUT2D eigenvalue weighted by Gasteiger charge is 2.26. The van der Waals surface area contributed by atoms with Gasteiger partial charge in [-0.1, -0.05) is 15.9 Å². The normalized spacial score (nSPS) is 15.8. The summed E-state index contributed by atoms with van der Waals surface area (Å²) in [5.74, 6) is 0.345. The number of nitrogens with one attached hydrogen (secondary N) is 1. The molecule has 1 N–H and O–H groups in total. The number of anilines is 1. The van der Waals surface area contributed by atoms with Crippen molar-refractivity contribution < 1.29 is 14.3 Å². The molecule has 0 saturated carbocycles. The summed E-state index contributed by atoms with van der Waals surface area (Å²) in [7, 11) is 1.54. The molecule has 1 aliphatic heterocycles. The minimum absolute atomic E-state index is 0.250. The molecule has 0 atom stereocenters. The van der Waals surface area contributed by atoms with Gasteiger partial charge in [0.25, 0.3) is 0 Å². The van der Waals surface area contributed by atoms with Crippen LogP contribution in [0.3, 0.4) is 0 Å². The average Bonchev–Trinajstić information content (AvgIpc) is 2.29. The second kappa shape index (κ2) is 4.75. The SMILES string of the molecule is COc1ccc(Br)cc1N1CCC(=O)NC1=O. The maximum Gasteiger partial charge on any atom is 0.328 e. The summed E-state index contributed by atoms with van der Waals surface area (Å²) >= 11 is 3.34. The van der Waals surface area contributed by atoms with Gasteiger partial charge in [-0.2, -0.15) is 0 Å². The summed E-state index contributed by atoms with van der Waals surface area (Å²) in [4.78, 5) is 24.3. The Bertz CT molecular complexity index is 476. The van der Waals surface area contributed by atoms with E-state index in [2.05, 4.69) is 21.2 Å². The van der Waals surface area contributed by atoms with E-state index in [1.54, 1.807) is 19.2 Å². The van der Waals surface area contributed by atoms with Gasteiger partial charge < -0.3 is 4.74 Å². The predicted octanol–water partition coefficient (Wildman–Crippen LogP) is 1.90. The number of methoxy groups -OCH3 is 1. The largest absolute Gasteiger partial charge is 0.495 e. The topological polar surface area (TPSA) is 58.6 Å². The zero-order chi connectivity index (χ0) is 12.4. The third-order valence-corrected chi connectivity index (χ3v) is 2.98. The summed E-state index contributed by atoms with van der Waals surface area (Å²) < 4.78 is 6.05. The highest BCUT2D eigenvalue weighted by atomic mass is 79.9. The van der Waals surface area contributed by atoms with Crippen LogP contribution in [0.2, 0.25) is 0 Å². The lowest BCUT2D eigenvalue weighted by Gasteiger charge is -2.27. The molecule has 1 fully saturated rings. The van der Waals surface area contributed by atoms with Crippen LogP contribution >= 0.6 is 15.9 Å². The van der Waals surface area contributed by atoms with Gasteiger partial charge in [-0.25, -0.2) is 4.79 Å². The van der Waals surface area contributed by atoms with Gasteiger partial charge in [0.2, 0.25) is 5.91 Å². The highest BCUT2D eigenvalue weighted by molar-refractivity contribution is 9.10. The molecule has 0 radical (unpaired) electrons. The van der Waals surface area contributed by atoms with Gasteiger partial charge >= 0.3 is 6.03 Å². The fraction of sp³-hybridized carbons (Fsp3) is 0.273. The Labute approximate surface area is 107 Å². The molecule has 0 spiro atoms. The zero-order valence-electron chi connectivity index (χ0n) is 9.20. The van der Waals surface area contributed by atoms with E-state index in [1.807, 2.05) is 6.07 Å². The first-order valence-corrected chi connectivity index (χ1v) is 5.86. The molecule has 0 bridgehead atoms. The van der Waals surface area contributed by atoms with Gasteiger partial charge in [-0.05, 0) is 18.2 Å². The number of hydrogen-bond acceptors (Lipinski definition) is 3. The van der Waals surface area contributed by atoms with E-state index in [0.717, 1.165) is 4.47 Å². The number of amides is 3. The number of imide groups is 1. The first-order chi connectivity index (χ1) is 8.11. The van der Waals surface area contributed by atoms with E-state index in [-0.39, 0.29) is 5.91 Å². The molecule has 6 heteroatoms. The van der Waals surface area contributed by atoms with Crippen LogP contribution in [0, 0.1) is 0 Å². The van der Waals surface area contributed by atoms with Crippen LogP contribution in [0.15, 0.2) is 22.7 Å². The third kappa shape index (κ3) is 2.41. The smallest absolute Gasteiger partial charge is 0.328 e. The maximum absolute atomic E-state index is 11.7. The molecule has 17 heavy (non-hydrogen) atoms. The molecule has 1 saturated heterocycles. The molecule has 1 heterocycles. The Balaban J connectivity index is 2.35. The van der Waals surface area contributed by atoms with Crippen molar-refractivity contribution in [2.45, 2.75) is 6.42 Å². The van der Waals surface area contributed by atoms with Crippen LogP contribution in [0.5, 0.6) is 5.75 Å². The number of carbonyl (C=O) groups excluding carboxylic acids is 2. The van der Waals surface area contributed by atoms with Crippen molar-refractivity contribution in [2.24, 2.45) is 0 Å². The Morgan fingerprint density at radius 3 is 2.82 bits per heavy atom. The molecule has 90 valence electrons. The summed E-state index contributed by atoms with van der Waals surface area (Å²) in [6.07, 6.45) is 0.293. The fourth-order valence-electron chi connectivity index (χ4n) is 1.67. The number of benzene rings is 1. The van der Waals surface area contributed by atoms with E-state index >= 15 is 0 Å². The van der Waals surface area contributed by atoms with Crippen molar-refractivity contribution >= 4 is 33.6 Å². The van der Waals surface area contributed by atoms with E-state index in [0.29, 0.717) is 24.4 Å². The zero-order valence-corrected chi connectivity index (χ0v) is 10.8. The van der Waals surface area contributed by atoms with E-state index in [4.69, 9.17) is 4.74 Å². The number of rotatable bonds is 2. The summed E-state index contributed by atoms with van der Waals surface area (Å²) in [5.41, 5.74) is 0.645. The molecule has 1 aliphatic rings. The number of ether oxygens (including phenoxy) is 1. The molecule has 2 rings (SSSR count). The van der Waals surface area contributed by atoms with Crippen LogP contribution < -0.4 is 15.0 Å². The van der Waals surface area contributed by atoms with Crippen molar-refractivity contribution in [3.05, 3.63) is 22.7 Å². The minimum Gasteiger partial charge on any atom is -0.495 e. The van der Waals surface area contributed by atoms with Crippen molar-refractivity contribution in [2.75, 3.05) is 18.6 Å². The van der Waals surface area contributed by atoms with E-state index in [1.165, 1.54) is 4.90 Å². The van der Waals surface area contributed by atoms with Gasteiger partial charge in [0.05, 0.1) is 12.8 Å². The number of hydrogen-bond donors (Lipinski definition) is 1. The van der Waals surface area contributed by atoms with Gasteiger partial charge in [-0.3, -0.25) is 15.0 Å². The monoisotopic (exact) mass is 298 g/mol. The molecule has 0 unspecified atom stereocenters. The minimum atomic E-state index is -0.419. The van der Waals surface area contributed by atoms with Crippen LogP contribution in [0.4, 0.5) is 10.5 Å². The number of nitrogens with zero attached hydrogens (tertiary/aromatic N) is 1. The first-order valence-electron chi connectivity index (χ1n) is 5.06. The van der Waals surface area contributed by atoms with E-state index < -0.39 is 6.03 Å². The molecular formula is C11H11BrN2O3. The molecule has 0 aliphatic carbocycles. The summed E-state index contributed by atoms with van der Waals surface area (Å²) in [6.45, 7) is 0.359. The Morgan fingerprint density at radius 1 is 1.41 bits per heavy atom. The quantitative estimate of drug-likeness (QED) is 0.907. The van der Waals surface area contributed by atoms with Crippen LogP contribution in [-0.4, -0.2) is 25.6 Å². The van der Waals surface area contributed by atoms with E-state index in [9.17, 15) is 9.59 Å². The van der Waals surface area contributed by atoms with Crippen molar-refractivity contribution in [1.29, 1.82) is 0 Å². The van der Waals surface area contributed by atoms with Crippen LogP contribution in [-0.2, 0) is 4.79 Å². The standard InChI is InChI=1S/C11H11BrN2O3/c1-17-9-3-2-7(12)6-8(9)14-5-4-10(15)13-11(14)16/h2-3,6H,4-5H2,1H3,(H,13,15,16). The molecule has 3 amide bonds. The average molecular weight is 299 g/mol. The molecular weight excluding hydrogens is 288 g/mol. The Kier molecular flexibility index (Phi) is 3.33. The molecule has 5 nitrogen and oxygen atoms in total. The fourth-order valence-corrected chi connectivity index (χ4v) is 2.02.